The van der Waals surface area contributed by atoms with Crippen LogP contribution in [0.3, 0.4) is 0 Å². The molecule has 9 nitrogen and oxygen atoms in total. The number of nitrogens with zero attached hydrogens (tertiary/aromatic N) is 1. The Kier molecular flexibility index (Phi) is 81.5. The van der Waals surface area contributed by atoms with Crippen LogP contribution in [-0.4, -0.2) is 74.9 Å². The maximum Gasteiger partial charge on any atom is 0.472 e. The fourth-order valence-corrected chi connectivity index (χ4v) is 14.1. The third-order valence-corrected chi connectivity index (χ3v) is 21.1. The van der Waals surface area contributed by atoms with Crippen LogP contribution in [0.15, 0.2) is 97.2 Å². The first kappa shape index (κ1) is 101. The van der Waals surface area contributed by atoms with Crippen LogP contribution in [0.5, 0.6) is 0 Å². The number of ether oxygens (including phenoxy) is 2. The molecule has 0 aliphatic heterocycles. The summed E-state index contributed by atoms with van der Waals surface area (Å²) in [7, 11) is 1.49. The first-order chi connectivity index (χ1) is 51.0. The normalized spacial score (nSPS) is 13.4. The molecular weight excluding hydrogens is 1300 g/mol. The molecule has 0 saturated carbocycles. The van der Waals surface area contributed by atoms with E-state index in [9.17, 15) is 19.0 Å². The van der Waals surface area contributed by atoms with E-state index in [0.717, 1.165) is 89.9 Å². The summed E-state index contributed by atoms with van der Waals surface area (Å²) in [5.74, 6) is -0.780. The van der Waals surface area contributed by atoms with Crippen molar-refractivity contribution < 1.29 is 42.1 Å². The number of esters is 2. The van der Waals surface area contributed by atoms with E-state index in [1.807, 2.05) is 21.1 Å². The fourth-order valence-electron chi connectivity index (χ4n) is 13.3. The Balaban J connectivity index is 3.89. The maximum absolute atomic E-state index is 12.9. The lowest BCUT2D eigenvalue weighted by atomic mass is 10.0. The average Bonchev–Trinajstić information content (AvgIpc) is 0.915. The number of unbranched alkanes of at least 4 members (excludes halogenated alkanes) is 54. The number of allylic oxidation sites excluding steroid dienone is 16. The number of phosphoric acid groups is 1. The van der Waals surface area contributed by atoms with Gasteiger partial charge in [-0.25, -0.2) is 4.57 Å². The van der Waals surface area contributed by atoms with Gasteiger partial charge in [0.25, 0.3) is 0 Å². The van der Waals surface area contributed by atoms with Crippen molar-refractivity contribution >= 4 is 19.8 Å². The topological polar surface area (TPSA) is 108 Å². The fraction of sp³-hybridized carbons (Fsp3) is 0.809. The highest BCUT2D eigenvalue weighted by Crippen LogP contribution is 2.43. The van der Waals surface area contributed by atoms with Crippen molar-refractivity contribution in [2.75, 3.05) is 47.5 Å². The number of carbonyl (C=O) groups is 2. The Morgan fingerprint density at radius 2 is 0.548 bits per heavy atom. The minimum absolute atomic E-state index is 0.0311. The summed E-state index contributed by atoms with van der Waals surface area (Å²) in [5, 5.41) is 0. The number of likely N-dealkylation sites (N-methyl/N-ethyl adjacent to an activating group) is 1. The van der Waals surface area contributed by atoms with Crippen molar-refractivity contribution in [1.82, 2.24) is 0 Å². The molecule has 0 radical (unpaired) electrons. The molecule has 0 saturated heterocycles. The molecule has 0 aromatic rings. The molecule has 2 unspecified atom stereocenters. The molecule has 10 heteroatoms. The van der Waals surface area contributed by atoms with Crippen molar-refractivity contribution in [3.05, 3.63) is 97.2 Å². The van der Waals surface area contributed by atoms with E-state index in [1.165, 1.54) is 315 Å². The summed E-state index contributed by atoms with van der Waals surface area (Å²) < 4.78 is 34.9. The van der Waals surface area contributed by atoms with Crippen LogP contribution in [-0.2, 0) is 32.7 Å². The summed E-state index contributed by atoms with van der Waals surface area (Å²) in [6, 6.07) is 0. The Hall–Kier alpha value is -3.07. The Morgan fingerprint density at radius 1 is 0.308 bits per heavy atom. The van der Waals surface area contributed by atoms with Crippen molar-refractivity contribution in [2.45, 2.75) is 444 Å². The van der Waals surface area contributed by atoms with Gasteiger partial charge in [-0.15, -0.1) is 0 Å². The Labute approximate surface area is 646 Å². The van der Waals surface area contributed by atoms with Gasteiger partial charge in [-0.1, -0.05) is 445 Å². The van der Waals surface area contributed by atoms with Crippen molar-refractivity contribution in [1.29, 1.82) is 0 Å². The lowest BCUT2D eigenvalue weighted by Crippen LogP contribution is -2.37. The van der Waals surface area contributed by atoms with Gasteiger partial charge in [0.05, 0.1) is 27.7 Å². The number of hydrogen-bond donors (Lipinski definition) is 1. The Bertz CT molecular complexity index is 2080. The van der Waals surface area contributed by atoms with Gasteiger partial charge < -0.3 is 18.9 Å². The minimum atomic E-state index is -4.40. The summed E-state index contributed by atoms with van der Waals surface area (Å²) in [5.41, 5.74) is 0. The zero-order valence-corrected chi connectivity index (χ0v) is 70.4. The largest absolute Gasteiger partial charge is 0.472 e. The van der Waals surface area contributed by atoms with Crippen LogP contribution in [0.1, 0.15) is 438 Å². The first-order valence-electron chi connectivity index (χ1n) is 45.0. The molecule has 0 bridgehead atoms. The molecule has 0 rings (SSSR count). The van der Waals surface area contributed by atoms with Crippen molar-refractivity contribution in [2.24, 2.45) is 0 Å². The third-order valence-electron chi connectivity index (χ3n) is 20.1. The number of quaternary nitrogens is 1. The maximum atomic E-state index is 12.9. The van der Waals surface area contributed by atoms with Crippen molar-refractivity contribution in [3.63, 3.8) is 0 Å². The van der Waals surface area contributed by atoms with Crippen molar-refractivity contribution in [3.8, 4) is 0 Å². The molecule has 0 amide bonds. The number of hydrogen-bond acceptors (Lipinski definition) is 7. The molecule has 1 N–H and O–H groups in total. The molecule has 0 heterocycles. The highest BCUT2D eigenvalue weighted by molar-refractivity contribution is 7.47. The van der Waals surface area contributed by atoms with E-state index >= 15 is 0 Å². The van der Waals surface area contributed by atoms with E-state index in [-0.39, 0.29) is 25.6 Å². The smallest absolute Gasteiger partial charge is 0.462 e. The van der Waals surface area contributed by atoms with E-state index in [1.54, 1.807) is 0 Å². The van der Waals surface area contributed by atoms with Crippen LogP contribution >= 0.6 is 7.82 Å². The van der Waals surface area contributed by atoms with E-state index in [2.05, 4.69) is 111 Å². The molecule has 606 valence electrons. The van der Waals surface area contributed by atoms with Gasteiger partial charge in [-0.05, 0) is 77.0 Å². The highest BCUT2D eigenvalue weighted by Gasteiger charge is 2.27. The summed E-state index contributed by atoms with van der Waals surface area (Å²) in [4.78, 5) is 36.1. The first-order valence-corrected chi connectivity index (χ1v) is 46.5. The SMILES string of the molecule is CC/C=C\C/C=C\C/C=C\C/C=C\C/C=C\C/C=C\C/C=C\C/C=C\CCCCCCCCCCCCCCCCC(=O)OC(COC(=O)CCCCCCCCCCCCCCCCCCCCCCCCCCCCCCCCCCCCCCCCCCC)COP(=O)(O)OCC[N+](C)(C)C. The van der Waals surface area contributed by atoms with Crippen LogP contribution in [0, 0.1) is 0 Å². The summed E-state index contributed by atoms with van der Waals surface area (Å²) in [6.45, 7) is 4.38. The van der Waals surface area contributed by atoms with E-state index in [0.29, 0.717) is 23.9 Å². The van der Waals surface area contributed by atoms with Crippen LogP contribution in [0.2, 0.25) is 0 Å². The standard InChI is InChI=1S/C94H172NO8P/c1-6-8-10-12-14-16-18-20-22-24-26-28-30-32-34-36-38-40-42-44-46-47-49-50-52-54-56-58-60-62-64-66-68-70-72-74-76-78-80-82-84-86-93(96)100-90-92(91-102-104(98,99)101-89-88-95(3,4)5)103-94(97)87-85-83-81-79-77-75-73-71-69-67-65-63-61-59-57-55-53-51-48-45-43-41-39-37-35-33-31-29-27-25-23-21-19-17-15-13-11-9-7-2/h9,11,15,17,21,23,27,29,33,35,39,41,45,48,53,55,92H,6-8,10,12-14,16,18-20,22,24-26,28,30-32,34,36-38,40,42-44,46-47,49-52,54,56-91H2,1-5H3/p+1/b11-9-,17-15-,23-21-,29-27-,35-33-,41-39-,48-45-,55-53-. The van der Waals surface area contributed by atoms with Gasteiger partial charge in [0.1, 0.15) is 19.8 Å². The zero-order chi connectivity index (χ0) is 75.4. The molecule has 2 atom stereocenters. The van der Waals surface area contributed by atoms with Gasteiger partial charge in [-0.3, -0.25) is 18.6 Å². The summed E-state index contributed by atoms with van der Waals surface area (Å²) in [6.07, 6.45) is 119. The highest BCUT2D eigenvalue weighted by atomic mass is 31.2. The molecule has 104 heavy (non-hydrogen) atoms. The second-order valence-electron chi connectivity index (χ2n) is 31.6. The molecule has 0 fully saturated rings. The van der Waals surface area contributed by atoms with Gasteiger partial charge in [0.2, 0.25) is 0 Å². The lowest BCUT2D eigenvalue weighted by molar-refractivity contribution is -0.870. The molecule has 0 aliphatic rings. The average molecular weight is 1480 g/mol. The van der Waals surface area contributed by atoms with Crippen LogP contribution in [0.25, 0.3) is 0 Å². The third kappa shape index (κ3) is 87.8. The quantitative estimate of drug-likeness (QED) is 0.0211. The predicted octanol–water partition coefficient (Wildman–Crippen LogP) is 30.5. The minimum Gasteiger partial charge on any atom is -0.462 e. The van der Waals surface area contributed by atoms with E-state index in [4.69, 9.17) is 18.5 Å². The van der Waals surface area contributed by atoms with Crippen LogP contribution < -0.4 is 0 Å². The molecular formula is C94H173NO8P+. The second-order valence-corrected chi connectivity index (χ2v) is 33.1. The van der Waals surface area contributed by atoms with Gasteiger partial charge in [-0.2, -0.15) is 0 Å². The van der Waals surface area contributed by atoms with Gasteiger partial charge >= 0.3 is 19.8 Å². The molecule has 0 aromatic heterocycles. The molecule has 0 spiro atoms. The number of rotatable bonds is 84. The number of carbonyl (C=O) groups excluding carboxylic acids is 2. The summed E-state index contributed by atoms with van der Waals surface area (Å²) >= 11 is 0. The van der Waals surface area contributed by atoms with Gasteiger partial charge in [0, 0.05) is 12.8 Å². The molecule has 0 aliphatic carbocycles. The van der Waals surface area contributed by atoms with Crippen LogP contribution in [0.4, 0.5) is 0 Å². The van der Waals surface area contributed by atoms with Gasteiger partial charge in [0.15, 0.2) is 6.10 Å². The zero-order valence-electron chi connectivity index (χ0n) is 69.5. The van der Waals surface area contributed by atoms with E-state index < -0.39 is 26.5 Å². The number of phosphoric ester groups is 1. The lowest BCUT2D eigenvalue weighted by Gasteiger charge is -2.24. The monoisotopic (exact) mass is 1480 g/mol. The Morgan fingerprint density at radius 3 is 0.817 bits per heavy atom. The molecule has 0 aromatic carbocycles. The predicted molar refractivity (Wildman–Crippen MR) is 455 cm³/mol. The second kappa shape index (κ2) is 84.0.